The summed E-state index contributed by atoms with van der Waals surface area (Å²) in [5.74, 6) is -5.02. The molecule has 0 aliphatic rings. The van der Waals surface area contributed by atoms with Crippen LogP contribution in [0.25, 0.3) is 5.83 Å². The monoisotopic (exact) mass is 292 g/mol. The van der Waals surface area contributed by atoms with Gasteiger partial charge in [0, 0.05) is 5.56 Å². The highest BCUT2D eigenvalue weighted by atomic mass is 19.2. The summed E-state index contributed by atoms with van der Waals surface area (Å²) in [4.78, 5) is 11.5. The van der Waals surface area contributed by atoms with Gasteiger partial charge in [0.05, 0.1) is 0 Å². The number of ether oxygens (including phenoxy) is 1. The molecule has 0 unspecified atom stereocenters. The van der Waals surface area contributed by atoms with Crippen molar-refractivity contribution >= 4 is 11.8 Å². The van der Waals surface area contributed by atoms with E-state index in [-0.39, 0.29) is 11.3 Å². The van der Waals surface area contributed by atoms with Crippen LogP contribution in [-0.2, 0) is 4.79 Å². The molecule has 0 saturated heterocycles. The fraction of sp³-hybridized carbons (Fsp3) is 0.0625. The molecule has 0 saturated carbocycles. The first kappa shape index (κ1) is 14.8. The number of hydrogen-bond donors (Lipinski definition) is 0. The van der Waals surface area contributed by atoms with Gasteiger partial charge in [0.25, 0.3) is 0 Å². The molecule has 2 aromatic rings. The molecule has 0 fully saturated rings. The summed E-state index contributed by atoms with van der Waals surface area (Å²) in [6.45, 7) is 1.80. The maximum atomic E-state index is 13.8. The molecule has 5 heteroatoms. The Morgan fingerprint density at radius 2 is 1.52 bits per heavy atom. The lowest BCUT2D eigenvalue weighted by molar-refractivity contribution is -0.131. The third-order valence-electron chi connectivity index (χ3n) is 2.70. The van der Waals surface area contributed by atoms with Crippen LogP contribution in [0.4, 0.5) is 13.2 Å². The molecule has 0 amide bonds. The van der Waals surface area contributed by atoms with Crippen LogP contribution in [-0.4, -0.2) is 5.97 Å². The van der Waals surface area contributed by atoms with Crippen LogP contribution in [0, 0.1) is 12.7 Å². The fourth-order valence-electron chi connectivity index (χ4n) is 1.57. The summed E-state index contributed by atoms with van der Waals surface area (Å²) < 4.78 is 44.8. The molecular weight excluding hydrogens is 281 g/mol. The second-order valence-corrected chi connectivity index (χ2v) is 4.34. The summed E-state index contributed by atoms with van der Waals surface area (Å²) in [6.07, 6.45) is 0. The number of aryl methyl sites for hydroxylation is 1. The summed E-state index contributed by atoms with van der Waals surface area (Å²) in [5, 5.41) is 0. The van der Waals surface area contributed by atoms with Crippen LogP contribution in [0.15, 0.2) is 54.4 Å². The number of hydrogen-bond acceptors (Lipinski definition) is 2. The maximum Gasteiger partial charge on any atom is 0.375 e. The zero-order valence-corrected chi connectivity index (χ0v) is 11.1. The quantitative estimate of drug-likeness (QED) is 0.477. The van der Waals surface area contributed by atoms with Crippen molar-refractivity contribution in [2.24, 2.45) is 0 Å². The number of benzene rings is 2. The highest BCUT2D eigenvalue weighted by molar-refractivity contribution is 5.94. The third kappa shape index (κ3) is 3.72. The fourth-order valence-corrected chi connectivity index (χ4v) is 1.57. The average Bonchev–Trinajstić information content (AvgIpc) is 2.49. The zero-order chi connectivity index (χ0) is 15.4. The molecule has 0 aromatic heterocycles. The Kier molecular flexibility index (Phi) is 4.42. The molecule has 0 N–H and O–H groups in total. The van der Waals surface area contributed by atoms with Gasteiger partial charge in [-0.25, -0.2) is 13.6 Å². The number of esters is 1. The first-order valence-corrected chi connectivity index (χ1v) is 6.07. The molecule has 2 nitrogen and oxygen atoms in total. The van der Waals surface area contributed by atoms with Crippen molar-refractivity contribution in [3.8, 4) is 5.75 Å². The smallest absolute Gasteiger partial charge is 0.375 e. The maximum absolute atomic E-state index is 13.8. The largest absolute Gasteiger partial charge is 0.421 e. The highest BCUT2D eigenvalue weighted by Gasteiger charge is 2.19. The van der Waals surface area contributed by atoms with Crippen LogP contribution in [0.1, 0.15) is 11.1 Å². The summed E-state index contributed by atoms with van der Waals surface area (Å²) in [6, 6.07) is 10.3. The van der Waals surface area contributed by atoms with E-state index in [4.69, 9.17) is 0 Å². The van der Waals surface area contributed by atoms with Gasteiger partial charge in [0.2, 0.25) is 5.83 Å². The molecular formula is C16H11F3O2. The van der Waals surface area contributed by atoms with E-state index in [1.54, 1.807) is 19.1 Å². The van der Waals surface area contributed by atoms with Gasteiger partial charge in [0.1, 0.15) is 11.6 Å². The molecule has 108 valence electrons. The van der Waals surface area contributed by atoms with E-state index < -0.39 is 23.4 Å². The van der Waals surface area contributed by atoms with Gasteiger partial charge in [-0.1, -0.05) is 29.8 Å². The van der Waals surface area contributed by atoms with Gasteiger partial charge >= 0.3 is 5.97 Å². The Balaban J connectivity index is 2.19. The van der Waals surface area contributed by atoms with E-state index in [1.165, 1.54) is 12.1 Å². The van der Waals surface area contributed by atoms with Gasteiger partial charge in [0.15, 0.2) is 5.83 Å². The molecule has 0 atom stereocenters. The minimum Gasteiger partial charge on any atom is -0.421 e. The molecule has 0 aliphatic carbocycles. The van der Waals surface area contributed by atoms with Crippen molar-refractivity contribution in [1.82, 2.24) is 0 Å². The number of carbonyl (C=O) groups is 1. The van der Waals surface area contributed by atoms with Crippen LogP contribution >= 0.6 is 0 Å². The van der Waals surface area contributed by atoms with Crippen LogP contribution < -0.4 is 4.74 Å². The van der Waals surface area contributed by atoms with Crippen molar-refractivity contribution in [2.45, 2.75) is 6.92 Å². The van der Waals surface area contributed by atoms with E-state index in [9.17, 15) is 18.0 Å². The normalized spacial score (nSPS) is 11.8. The molecule has 0 radical (unpaired) electrons. The zero-order valence-electron chi connectivity index (χ0n) is 11.1. The number of carbonyl (C=O) groups excluding carboxylic acids is 1. The lowest BCUT2D eigenvalue weighted by atomic mass is 10.1. The molecule has 0 heterocycles. The Labute approximate surface area is 119 Å². The molecule has 0 aliphatic heterocycles. The van der Waals surface area contributed by atoms with Gasteiger partial charge in [-0.05, 0) is 31.2 Å². The molecule has 21 heavy (non-hydrogen) atoms. The van der Waals surface area contributed by atoms with Gasteiger partial charge < -0.3 is 4.74 Å². The van der Waals surface area contributed by atoms with Crippen molar-refractivity contribution in [2.75, 3.05) is 0 Å². The molecule has 0 spiro atoms. The first-order valence-electron chi connectivity index (χ1n) is 6.07. The first-order chi connectivity index (χ1) is 9.97. The van der Waals surface area contributed by atoms with Crippen molar-refractivity contribution < 1.29 is 22.7 Å². The summed E-state index contributed by atoms with van der Waals surface area (Å²) in [7, 11) is 0. The average molecular weight is 292 g/mol. The Morgan fingerprint density at radius 1 is 0.952 bits per heavy atom. The number of halogens is 3. The van der Waals surface area contributed by atoms with E-state index in [2.05, 4.69) is 4.74 Å². The standard InChI is InChI=1S/C16H11F3O2/c1-10-2-4-11(5-3-10)14(18)15(19)16(20)21-13-8-6-12(17)7-9-13/h2-9H,1H3/b15-14+. The lowest BCUT2D eigenvalue weighted by Crippen LogP contribution is -2.09. The predicted octanol–water partition coefficient (Wildman–Crippen LogP) is 4.35. The van der Waals surface area contributed by atoms with E-state index >= 15 is 0 Å². The summed E-state index contributed by atoms with van der Waals surface area (Å²) >= 11 is 0. The van der Waals surface area contributed by atoms with Gasteiger partial charge in [-0.2, -0.15) is 4.39 Å². The van der Waals surface area contributed by atoms with Crippen molar-refractivity contribution in [3.63, 3.8) is 0 Å². The Bertz CT molecular complexity index is 674. The van der Waals surface area contributed by atoms with Gasteiger partial charge in [-0.15, -0.1) is 0 Å². The second kappa shape index (κ2) is 6.26. The van der Waals surface area contributed by atoms with Crippen molar-refractivity contribution in [1.29, 1.82) is 0 Å². The molecule has 0 bridgehead atoms. The van der Waals surface area contributed by atoms with Crippen LogP contribution in [0.2, 0.25) is 0 Å². The minimum absolute atomic E-state index is 0.0610. The Morgan fingerprint density at radius 3 is 2.10 bits per heavy atom. The molecule has 2 aromatic carbocycles. The van der Waals surface area contributed by atoms with Crippen molar-refractivity contribution in [3.05, 3.63) is 71.3 Å². The van der Waals surface area contributed by atoms with E-state index in [1.807, 2.05) is 0 Å². The third-order valence-corrected chi connectivity index (χ3v) is 2.70. The second-order valence-electron chi connectivity index (χ2n) is 4.34. The SMILES string of the molecule is Cc1ccc(/C(F)=C(\F)C(=O)Oc2ccc(F)cc2)cc1. The topological polar surface area (TPSA) is 26.3 Å². The minimum atomic E-state index is -1.64. The summed E-state index contributed by atoms with van der Waals surface area (Å²) in [5.41, 5.74) is 0.815. The lowest BCUT2D eigenvalue weighted by Gasteiger charge is -2.04. The van der Waals surface area contributed by atoms with Gasteiger partial charge in [-0.3, -0.25) is 0 Å². The number of rotatable bonds is 3. The highest BCUT2D eigenvalue weighted by Crippen LogP contribution is 2.23. The van der Waals surface area contributed by atoms with Crippen LogP contribution in [0.5, 0.6) is 5.75 Å². The predicted molar refractivity (Wildman–Crippen MR) is 72.4 cm³/mol. The molecule has 2 rings (SSSR count). The van der Waals surface area contributed by atoms with E-state index in [0.717, 1.165) is 29.8 Å². The Hall–Kier alpha value is -2.56. The van der Waals surface area contributed by atoms with E-state index in [0.29, 0.717) is 0 Å². The van der Waals surface area contributed by atoms with Crippen LogP contribution in [0.3, 0.4) is 0 Å².